The smallest absolute Gasteiger partial charge is 0.347 e. The van der Waals surface area contributed by atoms with Gasteiger partial charge in [0.15, 0.2) is 0 Å². The lowest BCUT2D eigenvalue weighted by atomic mass is 10.1. The highest BCUT2D eigenvalue weighted by atomic mass is 16.5. The number of benzene rings is 2. The van der Waals surface area contributed by atoms with Crippen LogP contribution in [0.25, 0.3) is 22.0 Å². The molecule has 0 saturated heterocycles. The van der Waals surface area contributed by atoms with Gasteiger partial charge in [-0.05, 0) is 23.8 Å². The van der Waals surface area contributed by atoms with Gasteiger partial charge in [-0.15, -0.1) is 0 Å². The second-order valence-corrected chi connectivity index (χ2v) is 6.23. The maximum atomic E-state index is 12.1. The van der Waals surface area contributed by atoms with Crippen molar-refractivity contribution >= 4 is 10.9 Å². The second-order valence-electron chi connectivity index (χ2n) is 6.23. The Kier molecular flexibility index (Phi) is 5.01. The molecule has 0 amide bonds. The van der Waals surface area contributed by atoms with Gasteiger partial charge in [0.2, 0.25) is 0 Å². The number of rotatable bonds is 6. The molecule has 0 radical (unpaired) electrons. The molecular weight excluding hydrogens is 354 g/mol. The summed E-state index contributed by atoms with van der Waals surface area (Å²) in [6.07, 6.45) is 5.10. The standard InChI is InChI=1S/C22H19N3O3/c1-27-18-7-8-19-20(13-18)23-10-9-21(19)28-12-11-25-15-17(14-24-22(25)26)16-5-3-2-4-6-16/h2-10,13-15H,11-12H2,1H3. The van der Waals surface area contributed by atoms with Gasteiger partial charge in [-0.1, -0.05) is 30.3 Å². The first-order valence-electron chi connectivity index (χ1n) is 8.92. The Bertz CT molecular complexity index is 1160. The lowest BCUT2D eigenvalue weighted by Gasteiger charge is -2.11. The van der Waals surface area contributed by atoms with Crippen LogP contribution < -0.4 is 15.2 Å². The predicted molar refractivity (Wildman–Crippen MR) is 108 cm³/mol. The summed E-state index contributed by atoms with van der Waals surface area (Å²) >= 11 is 0. The van der Waals surface area contributed by atoms with Crippen LogP contribution in [0.2, 0.25) is 0 Å². The lowest BCUT2D eigenvalue weighted by molar-refractivity contribution is 0.298. The zero-order chi connectivity index (χ0) is 19.3. The van der Waals surface area contributed by atoms with E-state index >= 15 is 0 Å². The van der Waals surface area contributed by atoms with Gasteiger partial charge in [-0.2, -0.15) is 0 Å². The van der Waals surface area contributed by atoms with Gasteiger partial charge in [0, 0.05) is 35.6 Å². The van der Waals surface area contributed by atoms with Crippen molar-refractivity contribution < 1.29 is 9.47 Å². The van der Waals surface area contributed by atoms with Crippen LogP contribution in [0.3, 0.4) is 0 Å². The molecule has 2 aromatic carbocycles. The highest BCUT2D eigenvalue weighted by Crippen LogP contribution is 2.27. The second kappa shape index (κ2) is 7.92. The Labute approximate surface area is 162 Å². The third-order valence-electron chi connectivity index (χ3n) is 4.46. The number of hydrogen-bond donors (Lipinski definition) is 0. The monoisotopic (exact) mass is 373 g/mol. The summed E-state index contributed by atoms with van der Waals surface area (Å²) in [5.41, 5.74) is 2.40. The number of fused-ring (bicyclic) bond motifs is 1. The maximum Gasteiger partial charge on any atom is 0.347 e. The summed E-state index contributed by atoms with van der Waals surface area (Å²) in [7, 11) is 1.62. The fourth-order valence-corrected chi connectivity index (χ4v) is 3.00. The van der Waals surface area contributed by atoms with Crippen LogP contribution in [-0.2, 0) is 6.54 Å². The van der Waals surface area contributed by atoms with Gasteiger partial charge in [-0.3, -0.25) is 9.55 Å². The molecule has 2 aromatic heterocycles. The third kappa shape index (κ3) is 3.71. The molecule has 4 aromatic rings. The van der Waals surface area contributed by atoms with Crippen LogP contribution in [0, 0.1) is 0 Å². The number of hydrogen-bond acceptors (Lipinski definition) is 5. The van der Waals surface area contributed by atoms with Crippen molar-refractivity contribution in [2.45, 2.75) is 6.54 Å². The fourth-order valence-electron chi connectivity index (χ4n) is 3.00. The van der Waals surface area contributed by atoms with Crippen LogP contribution in [0.4, 0.5) is 0 Å². The molecule has 4 rings (SSSR count). The molecule has 0 saturated carbocycles. The maximum absolute atomic E-state index is 12.1. The van der Waals surface area contributed by atoms with Gasteiger partial charge in [0.1, 0.15) is 18.1 Å². The Morgan fingerprint density at radius 2 is 1.86 bits per heavy atom. The van der Waals surface area contributed by atoms with Gasteiger partial charge in [0.05, 0.1) is 19.2 Å². The summed E-state index contributed by atoms with van der Waals surface area (Å²) in [5.74, 6) is 1.46. The van der Waals surface area contributed by atoms with Gasteiger partial charge in [-0.25, -0.2) is 9.78 Å². The highest BCUT2D eigenvalue weighted by Gasteiger charge is 2.06. The minimum absolute atomic E-state index is 0.299. The van der Waals surface area contributed by atoms with Crippen LogP contribution in [-0.4, -0.2) is 28.3 Å². The van der Waals surface area contributed by atoms with E-state index in [1.165, 1.54) is 0 Å². The SMILES string of the molecule is COc1ccc2c(OCCn3cc(-c4ccccc4)cnc3=O)ccnc2c1. The van der Waals surface area contributed by atoms with Gasteiger partial charge < -0.3 is 9.47 Å². The number of pyridine rings is 1. The lowest BCUT2D eigenvalue weighted by Crippen LogP contribution is -2.25. The van der Waals surface area contributed by atoms with Crippen molar-refractivity contribution in [3.05, 3.63) is 83.7 Å². The molecule has 0 aliphatic carbocycles. The topological polar surface area (TPSA) is 66.2 Å². The summed E-state index contributed by atoms with van der Waals surface area (Å²) in [4.78, 5) is 20.4. The Morgan fingerprint density at radius 3 is 2.68 bits per heavy atom. The molecule has 6 heteroatoms. The molecular formula is C22H19N3O3. The molecule has 28 heavy (non-hydrogen) atoms. The zero-order valence-corrected chi connectivity index (χ0v) is 15.4. The van der Waals surface area contributed by atoms with Gasteiger partial charge in [0.25, 0.3) is 0 Å². The molecule has 0 unspecified atom stereocenters. The molecule has 0 bridgehead atoms. The summed E-state index contributed by atoms with van der Waals surface area (Å²) in [6, 6.07) is 17.3. The summed E-state index contributed by atoms with van der Waals surface area (Å²) in [5, 5.41) is 0.895. The van der Waals surface area contributed by atoms with Crippen LogP contribution in [0.1, 0.15) is 0 Å². The van der Waals surface area contributed by atoms with Crippen molar-refractivity contribution in [3.63, 3.8) is 0 Å². The third-order valence-corrected chi connectivity index (χ3v) is 4.46. The Balaban J connectivity index is 1.51. The number of ether oxygens (including phenoxy) is 2. The highest BCUT2D eigenvalue weighted by molar-refractivity contribution is 5.85. The van der Waals surface area contributed by atoms with E-state index in [9.17, 15) is 4.79 Å². The first-order valence-corrected chi connectivity index (χ1v) is 8.92. The largest absolute Gasteiger partial charge is 0.497 e. The summed E-state index contributed by atoms with van der Waals surface area (Å²) < 4.78 is 12.7. The number of nitrogens with zero attached hydrogens (tertiary/aromatic N) is 3. The van der Waals surface area contributed by atoms with E-state index < -0.39 is 0 Å². The molecule has 140 valence electrons. The minimum Gasteiger partial charge on any atom is -0.497 e. The quantitative estimate of drug-likeness (QED) is 0.517. The number of aromatic nitrogens is 3. The van der Waals surface area contributed by atoms with E-state index in [-0.39, 0.29) is 5.69 Å². The molecule has 0 spiro atoms. The predicted octanol–water partition coefficient (Wildman–Crippen LogP) is 3.55. The van der Waals surface area contributed by atoms with E-state index in [4.69, 9.17) is 9.47 Å². The molecule has 0 aliphatic rings. The average Bonchev–Trinajstić information content (AvgIpc) is 2.75. The Hall–Kier alpha value is -3.67. The van der Waals surface area contributed by atoms with Crippen molar-refractivity contribution in [1.29, 1.82) is 0 Å². The first-order chi connectivity index (χ1) is 13.7. The van der Waals surface area contributed by atoms with Crippen molar-refractivity contribution in [2.24, 2.45) is 0 Å². The van der Waals surface area contributed by atoms with Gasteiger partial charge >= 0.3 is 5.69 Å². The number of methoxy groups -OCH3 is 1. The fraction of sp³-hybridized carbons (Fsp3) is 0.136. The molecule has 0 aliphatic heterocycles. The van der Waals surface area contributed by atoms with Crippen molar-refractivity contribution in [2.75, 3.05) is 13.7 Å². The zero-order valence-electron chi connectivity index (χ0n) is 15.4. The van der Waals surface area contributed by atoms with E-state index in [1.807, 2.05) is 60.8 Å². The molecule has 0 N–H and O–H groups in total. The van der Waals surface area contributed by atoms with Crippen LogP contribution in [0.15, 0.2) is 78.0 Å². The van der Waals surface area contributed by atoms with E-state index in [2.05, 4.69) is 9.97 Å². The van der Waals surface area contributed by atoms with E-state index in [0.29, 0.717) is 18.9 Å². The summed E-state index contributed by atoms with van der Waals surface area (Å²) in [6.45, 7) is 0.734. The van der Waals surface area contributed by atoms with Crippen LogP contribution >= 0.6 is 0 Å². The van der Waals surface area contributed by atoms with E-state index in [1.54, 1.807) is 24.1 Å². The molecule has 2 heterocycles. The minimum atomic E-state index is -0.299. The van der Waals surface area contributed by atoms with Crippen molar-refractivity contribution in [3.8, 4) is 22.6 Å². The van der Waals surface area contributed by atoms with Crippen molar-refractivity contribution in [1.82, 2.24) is 14.5 Å². The average molecular weight is 373 g/mol. The molecule has 0 fully saturated rings. The first kappa shape index (κ1) is 17.7. The molecule has 6 nitrogen and oxygen atoms in total. The Morgan fingerprint density at radius 1 is 1.00 bits per heavy atom. The van der Waals surface area contributed by atoms with Crippen LogP contribution in [0.5, 0.6) is 11.5 Å². The van der Waals surface area contributed by atoms with E-state index in [0.717, 1.165) is 27.8 Å². The normalized spacial score (nSPS) is 10.8. The molecule has 0 atom stereocenters.